The predicted octanol–water partition coefficient (Wildman–Crippen LogP) is -2.08. The zero-order valence-electron chi connectivity index (χ0n) is 14.0. The molecule has 13 nitrogen and oxygen atoms in total. The van der Waals surface area contributed by atoms with Gasteiger partial charge in [0.05, 0.1) is 0 Å². The average Bonchev–Trinajstić information content (AvgIpc) is 3.27. The molecule has 3 N–H and O–H groups in total. The molecule has 27 heavy (non-hydrogen) atoms. The second-order valence-electron chi connectivity index (χ2n) is 5.82. The number of hydrogen-bond acceptors (Lipinski definition) is 11. The molecule has 4 heterocycles. The van der Waals surface area contributed by atoms with E-state index in [2.05, 4.69) is 31.1 Å². The van der Waals surface area contributed by atoms with Crippen LogP contribution in [0.4, 0.5) is 0 Å². The quantitative estimate of drug-likeness (QED) is 0.394. The van der Waals surface area contributed by atoms with Crippen molar-refractivity contribution in [3.8, 4) is 0 Å². The van der Waals surface area contributed by atoms with Crippen molar-refractivity contribution in [2.75, 3.05) is 11.5 Å². The SMILES string of the molecule is Cn1nnnc1Cn1nnnc1SCC1=C(C(=O)O)N2C(=O)C(N)C2SC1. The minimum atomic E-state index is -1.14. The third-order valence-electron chi connectivity index (χ3n) is 4.16. The van der Waals surface area contributed by atoms with Crippen LogP contribution in [0.2, 0.25) is 0 Å². The Labute approximate surface area is 160 Å². The molecule has 0 spiro atoms. The Hall–Kier alpha value is -2.52. The topological polar surface area (TPSA) is 171 Å². The number of fused-ring (bicyclic) bond motifs is 1. The lowest BCUT2D eigenvalue weighted by Gasteiger charge is -2.48. The van der Waals surface area contributed by atoms with E-state index in [0.29, 0.717) is 28.1 Å². The van der Waals surface area contributed by atoms with E-state index >= 15 is 0 Å². The van der Waals surface area contributed by atoms with Crippen LogP contribution in [-0.4, -0.2) is 85.2 Å². The van der Waals surface area contributed by atoms with Crippen molar-refractivity contribution in [3.05, 3.63) is 17.1 Å². The molecular weight excluding hydrogens is 396 g/mol. The Bertz CT molecular complexity index is 940. The summed E-state index contributed by atoms with van der Waals surface area (Å²) in [4.78, 5) is 25.0. The summed E-state index contributed by atoms with van der Waals surface area (Å²) < 4.78 is 3.04. The highest BCUT2D eigenvalue weighted by Gasteiger charge is 2.51. The molecule has 2 aromatic heterocycles. The fourth-order valence-corrected chi connectivity index (χ4v) is 5.07. The van der Waals surface area contributed by atoms with E-state index in [0.717, 1.165) is 0 Å². The van der Waals surface area contributed by atoms with Crippen molar-refractivity contribution < 1.29 is 14.7 Å². The van der Waals surface area contributed by atoms with Gasteiger partial charge in [0.1, 0.15) is 23.7 Å². The van der Waals surface area contributed by atoms with Crippen molar-refractivity contribution in [1.29, 1.82) is 0 Å². The molecular formula is C12H14N10O3S2. The van der Waals surface area contributed by atoms with E-state index in [4.69, 9.17) is 5.73 Å². The molecule has 0 radical (unpaired) electrons. The number of carbonyl (C=O) groups is 2. The Kier molecular flexibility index (Phi) is 4.56. The molecule has 0 aliphatic carbocycles. The van der Waals surface area contributed by atoms with Crippen LogP contribution in [0, 0.1) is 0 Å². The maximum atomic E-state index is 12.0. The van der Waals surface area contributed by atoms with Gasteiger partial charge in [0.15, 0.2) is 5.82 Å². The third kappa shape index (κ3) is 3.06. The molecule has 2 unspecified atom stereocenters. The largest absolute Gasteiger partial charge is 0.477 e. The number of thioether (sulfide) groups is 2. The summed E-state index contributed by atoms with van der Waals surface area (Å²) in [5.74, 6) is -0.123. The Morgan fingerprint density at radius 3 is 2.85 bits per heavy atom. The zero-order valence-corrected chi connectivity index (χ0v) is 15.6. The minimum Gasteiger partial charge on any atom is -0.477 e. The van der Waals surface area contributed by atoms with Crippen LogP contribution in [0.1, 0.15) is 5.82 Å². The van der Waals surface area contributed by atoms with Gasteiger partial charge in [0.25, 0.3) is 0 Å². The number of aromatic nitrogens is 8. The molecule has 0 bridgehead atoms. The number of aliphatic carboxylic acids is 1. The minimum absolute atomic E-state index is 0.00877. The standard InChI is InChI=1S/C12H14N10O3S2/c1-20-6(14-16-18-20)2-21-12(15-17-19-21)27-4-5-3-26-10-7(13)9(23)22(10)8(5)11(24)25/h7,10H,2-4,13H2,1H3,(H,24,25). The van der Waals surface area contributed by atoms with Gasteiger partial charge >= 0.3 is 5.97 Å². The van der Waals surface area contributed by atoms with Crippen molar-refractivity contribution in [3.63, 3.8) is 0 Å². The van der Waals surface area contributed by atoms with Crippen LogP contribution < -0.4 is 5.73 Å². The van der Waals surface area contributed by atoms with Crippen LogP contribution in [0.5, 0.6) is 0 Å². The predicted molar refractivity (Wildman–Crippen MR) is 92.2 cm³/mol. The number of aryl methyl sites for hydroxylation is 1. The molecule has 1 saturated heterocycles. The lowest BCUT2D eigenvalue weighted by atomic mass is 10.0. The van der Waals surface area contributed by atoms with Crippen molar-refractivity contribution in [1.82, 2.24) is 45.3 Å². The van der Waals surface area contributed by atoms with E-state index in [9.17, 15) is 14.7 Å². The first-order valence-electron chi connectivity index (χ1n) is 7.73. The smallest absolute Gasteiger partial charge is 0.352 e. The Balaban J connectivity index is 1.52. The first-order valence-corrected chi connectivity index (χ1v) is 9.76. The highest BCUT2D eigenvalue weighted by atomic mass is 32.2. The number of nitrogens with zero attached hydrogens (tertiary/aromatic N) is 9. The molecule has 2 aromatic rings. The first-order chi connectivity index (χ1) is 13.0. The van der Waals surface area contributed by atoms with Gasteiger partial charge in [0.2, 0.25) is 11.1 Å². The summed E-state index contributed by atoms with van der Waals surface area (Å²) in [5, 5.41) is 32.5. The van der Waals surface area contributed by atoms with Crippen molar-refractivity contribution >= 4 is 35.4 Å². The molecule has 1 amide bonds. The van der Waals surface area contributed by atoms with Gasteiger partial charge < -0.3 is 10.8 Å². The number of hydrogen-bond donors (Lipinski definition) is 2. The summed E-state index contributed by atoms with van der Waals surface area (Å²) in [6, 6.07) is -0.647. The number of carbonyl (C=O) groups excluding carboxylic acids is 1. The summed E-state index contributed by atoms with van der Waals surface area (Å²) in [7, 11) is 1.71. The number of tetrazole rings is 2. The van der Waals surface area contributed by atoms with Crippen LogP contribution in [-0.2, 0) is 23.2 Å². The number of amides is 1. The lowest BCUT2D eigenvalue weighted by Crippen LogP contribution is -2.68. The molecule has 2 atom stereocenters. The summed E-state index contributed by atoms with van der Waals surface area (Å²) in [6.07, 6.45) is 0. The second-order valence-corrected chi connectivity index (χ2v) is 7.87. The highest BCUT2D eigenvalue weighted by Crippen LogP contribution is 2.40. The lowest BCUT2D eigenvalue weighted by molar-refractivity contribution is -0.147. The number of carboxylic acids is 1. The Morgan fingerprint density at radius 1 is 1.37 bits per heavy atom. The normalized spacial score (nSPS) is 22.0. The van der Waals surface area contributed by atoms with Crippen molar-refractivity contribution in [2.24, 2.45) is 12.8 Å². The van der Waals surface area contributed by atoms with Gasteiger partial charge in [0, 0.05) is 18.6 Å². The van der Waals surface area contributed by atoms with Gasteiger partial charge in [-0.1, -0.05) is 11.8 Å². The summed E-state index contributed by atoms with van der Waals surface area (Å²) in [5.41, 5.74) is 6.39. The fraction of sp³-hybridized carbons (Fsp3) is 0.500. The number of β-lactam (4-membered cyclic amide) rings is 1. The molecule has 2 aliphatic heterocycles. The number of rotatable bonds is 6. The van der Waals surface area contributed by atoms with Gasteiger partial charge in [-0.05, 0) is 26.4 Å². The van der Waals surface area contributed by atoms with Gasteiger partial charge in [-0.2, -0.15) is 0 Å². The molecule has 142 valence electrons. The average molecular weight is 410 g/mol. The first kappa shape index (κ1) is 17.9. The summed E-state index contributed by atoms with van der Waals surface area (Å²) >= 11 is 2.74. The molecule has 1 fully saturated rings. The van der Waals surface area contributed by atoms with Crippen LogP contribution in [0.25, 0.3) is 0 Å². The van der Waals surface area contributed by atoms with E-state index in [1.54, 1.807) is 7.05 Å². The maximum Gasteiger partial charge on any atom is 0.352 e. The highest BCUT2D eigenvalue weighted by molar-refractivity contribution is 8.01. The monoisotopic (exact) mass is 410 g/mol. The number of nitrogens with two attached hydrogens (primary N) is 1. The molecule has 4 rings (SSSR count). The second kappa shape index (κ2) is 6.90. The fourth-order valence-electron chi connectivity index (χ4n) is 2.76. The van der Waals surface area contributed by atoms with Gasteiger partial charge in [-0.15, -0.1) is 22.0 Å². The Morgan fingerprint density at radius 2 is 2.15 bits per heavy atom. The van der Waals surface area contributed by atoms with E-state index in [1.165, 1.54) is 37.8 Å². The van der Waals surface area contributed by atoms with E-state index < -0.39 is 12.0 Å². The zero-order chi connectivity index (χ0) is 19.1. The third-order valence-corrected chi connectivity index (χ3v) is 6.57. The summed E-state index contributed by atoms with van der Waals surface area (Å²) in [6.45, 7) is 0.278. The number of carboxylic acid groups (broad SMARTS) is 1. The maximum absolute atomic E-state index is 12.0. The van der Waals surface area contributed by atoms with E-state index in [1.807, 2.05) is 0 Å². The molecule has 2 aliphatic rings. The van der Waals surface area contributed by atoms with Gasteiger partial charge in [-0.3, -0.25) is 9.69 Å². The van der Waals surface area contributed by atoms with Crippen LogP contribution in [0.3, 0.4) is 0 Å². The van der Waals surface area contributed by atoms with Crippen LogP contribution in [0.15, 0.2) is 16.4 Å². The van der Waals surface area contributed by atoms with Crippen LogP contribution >= 0.6 is 23.5 Å². The molecule has 0 saturated carbocycles. The van der Waals surface area contributed by atoms with Gasteiger partial charge in [-0.25, -0.2) is 14.2 Å². The van der Waals surface area contributed by atoms with Crippen molar-refractivity contribution in [2.45, 2.75) is 23.1 Å². The molecule has 15 heteroatoms. The molecule has 0 aromatic carbocycles. The van der Waals surface area contributed by atoms with E-state index in [-0.39, 0.29) is 23.5 Å².